The van der Waals surface area contributed by atoms with Gasteiger partial charge in [-0.15, -0.1) is 0 Å². The zero-order chi connectivity index (χ0) is 13.2. The van der Waals surface area contributed by atoms with Gasteiger partial charge in [0.2, 0.25) is 5.95 Å². The highest BCUT2D eigenvalue weighted by atomic mass is 35.5. The van der Waals surface area contributed by atoms with Crippen molar-refractivity contribution < 1.29 is 0 Å². The van der Waals surface area contributed by atoms with Crippen molar-refractivity contribution in [3.05, 3.63) is 47.1 Å². The van der Waals surface area contributed by atoms with E-state index in [4.69, 9.17) is 17.3 Å². The molecule has 2 aromatic rings. The molecular weight excluding hydrogens is 260 g/mol. The summed E-state index contributed by atoms with van der Waals surface area (Å²) in [6.45, 7) is 1.91. The van der Waals surface area contributed by atoms with Crippen molar-refractivity contribution >= 4 is 23.4 Å². The lowest BCUT2D eigenvalue weighted by atomic mass is 9.99. The molecule has 1 saturated heterocycles. The van der Waals surface area contributed by atoms with Crippen molar-refractivity contribution in [1.29, 1.82) is 0 Å². The predicted octanol–water partition coefficient (Wildman–Crippen LogP) is 2.71. The Morgan fingerprint density at radius 2 is 2.00 bits per heavy atom. The molecule has 4 nitrogen and oxygen atoms in total. The Balaban J connectivity index is 1.79. The van der Waals surface area contributed by atoms with E-state index in [9.17, 15) is 0 Å². The first-order chi connectivity index (χ1) is 9.22. The zero-order valence-electron chi connectivity index (χ0n) is 10.5. The molecule has 3 rings (SSSR count). The van der Waals surface area contributed by atoms with E-state index >= 15 is 0 Å². The smallest absolute Gasteiger partial charge is 0.223 e. The number of rotatable bonds is 2. The van der Waals surface area contributed by atoms with Crippen molar-refractivity contribution in [2.45, 2.75) is 12.3 Å². The van der Waals surface area contributed by atoms with Gasteiger partial charge in [0.05, 0.1) is 0 Å². The third-order valence-corrected chi connectivity index (χ3v) is 3.68. The standard InChI is InChI=1S/C14H15ClN4/c15-12-8-13(18-14(16)17-12)19-7-6-11(9-19)10-4-2-1-3-5-10/h1-5,8,11H,6-7,9H2,(H2,16,17,18). The summed E-state index contributed by atoms with van der Waals surface area (Å²) < 4.78 is 0. The van der Waals surface area contributed by atoms with Crippen LogP contribution >= 0.6 is 11.6 Å². The fourth-order valence-corrected chi connectivity index (χ4v) is 2.73. The molecule has 1 aliphatic heterocycles. The van der Waals surface area contributed by atoms with Crippen LogP contribution in [0.4, 0.5) is 11.8 Å². The van der Waals surface area contributed by atoms with Gasteiger partial charge in [0.1, 0.15) is 11.0 Å². The first-order valence-corrected chi connectivity index (χ1v) is 6.70. The molecule has 2 N–H and O–H groups in total. The Morgan fingerprint density at radius 1 is 1.21 bits per heavy atom. The molecule has 0 saturated carbocycles. The van der Waals surface area contributed by atoms with Crippen LogP contribution in [0.5, 0.6) is 0 Å². The Labute approximate surface area is 117 Å². The normalized spacial score (nSPS) is 18.8. The van der Waals surface area contributed by atoms with E-state index in [1.165, 1.54) is 5.56 Å². The third-order valence-electron chi connectivity index (χ3n) is 3.48. The lowest BCUT2D eigenvalue weighted by Gasteiger charge is -2.18. The molecule has 1 aliphatic rings. The maximum absolute atomic E-state index is 5.92. The molecule has 0 spiro atoms. The summed E-state index contributed by atoms with van der Waals surface area (Å²) in [5, 5.41) is 0.394. The van der Waals surface area contributed by atoms with Crippen LogP contribution in [-0.4, -0.2) is 23.1 Å². The lowest BCUT2D eigenvalue weighted by Crippen LogP contribution is -2.21. The second kappa shape index (κ2) is 5.05. The summed E-state index contributed by atoms with van der Waals surface area (Å²) >= 11 is 5.92. The lowest BCUT2D eigenvalue weighted by molar-refractivity contribution is 0.774. The topological polar surface area (TPSA) is 55.0 Å². The Bertz CT molecular complexity index is 553. The number of nitrogen functional groups attached to an aromatic ring is 1. The molecule has 2 heterocycles. The van der Waals surface area contributed by atoms with Gasteiger partial charge < -0.3 is 10.6 Å². The second-order valence-electron chi connectivity index (χ2n) is 4.75. The maximum Gasteiger partial charge on any atom is 0.223 e. The van der Waals surface area contributed by atoms with Crippen LogP contribution in [-0.2, 0) is 0 Å². The highest BCUT2D eigenvalue weighted by molar-refractivity contribution is 6.29. The largest absolute Gasteiger partial charge is 0.368 e. The monoisotopic (exact) mass is 274 g/mol. The SMILES string of the molecule is Nc1nc(Cl)cc(N2CCC(c3ccccc3)C2)n1. The number of benzene rings is 1. The minimum atomic E-state index is 0.227. The van der Waals surface area contributed by atoms with Crippen LogP contribution < -0.4 is 10.6 Å². The number of aromatic nitrogens is 2. The average molecular weight is 275 g/mol. The summed E-state index contributed by atoms with van der Waals surface area (Å²) in [4.78, 5) is 10.4. The number of hydrogen-bond donors (Lipinski definition) is 1. The van der Waals surface area contributed by atoms with E-state index in [0.717, 1.165) is 25.3 Å². The van der Waals surface area contributed by atoms with Crippen LogP contribution in [0.2, 0.25) is 5.15 Å². The van der Waals surface area contributed by atoms with Crippen molar-refractivity contribution in [2.75, 3.05) is 23.7 Å². The fraction of sp³-hybridized carbons (Fsp3) is 0.286. The quantitative estimate of drug-likeness (QED) is 0.856. The molecule has 1 unspecified atom stereocenters. The molecular formula is C14H15ClN4. The summed E-state index contributed by atoms with van der Waals surface area (Å²) in [5.74, 6) is 1.58. The molecule has 98 valence electrons. The summed E-state index contributed by atoms with van der Waals surface area (Å²) in [7, 11) is 0. The van der Waals surface area contributed by atoms with Crippen LogP contribution in [0.25, 0.3) is 0 Å². The number of halogens is 1. The van der Waals surface area contributed by atoms with E-state index in [-0.39, 0.29) is 5.95 Å². The molecule has 1 fully saturated rings. The van der Waals surface area contributed by atoms with Crippen molar-refractivity contribution in [3.63, 3.8) is 0 Å². The van der Waals surface area contributed by atoms with Gasteiger partial charge in [-0.1, -0.05) is 41.9 Å². The summed E-state index contributed by atoms with van der Waals surface area (Å²) in [6.07, 6.45) is 1.12. The highest BCUT2D eigenvalue weighted by Gasteiger charge is 2.25. The minimum Gasteiger partial charge on any atom is -0.368 e. The predicted molar refractivity (Wildman–Crippen MR) is 77.5 cm³/mol. The molecule has 1 aromatic carbocycles. The molecule has 19 heavy (non-hydrogen) atoms. The zero-order valence-corrected chi connectivity index (χ0v) is 11.2. The Morgan fingerprint density at radius 3 is 2.74 bits per heavy atom. The number of nitrogens with zero attached hydrogens (tertiary/aromatic N) is 3. The molecule has 0 amide bonds. The van der Waals surface area contributed by atoms with Crippen molar-refractivity contribution in [2.24, 2.45) is 0 Å². The fourth-order valence-electron chi connectivity index (χ4n) is 2.55. The average Bonchev–Trinajstić information content (AvgIpc) is 2.88. The van der Waals surface area contributed by atoms with Gasteiger partial charge in [-0.05, 0) is 12.0 Å². The second-order valence-corrected chi connectivity index (χ2v) is 5.14. The number of hydrogen-bond acceptors (Lipinski definition) is 4. The van der Waals surface area contributed by atoms with Gasteiger partial charge in [0.15, 0.2) is 0 Å². The van der Waals surface area contributed by atoms with Crippen LogP contribution in [0.15, 0.2) is 36.4 Å². The Kier molecular flexibility index (Phi) is 3.25. The maximum atomic E-state index is 5.92. The van der Waals surface area contributed by atoms with Gasteiger partial charge in [-0.2, -0.15) is 4.98 Å². The van der Waals surface area contributed by atoms with E-state index in [1.807, 2.05) is 6.07 Å². The van der Waals surface area contributed by atoms with Crippen LogP contribution in [0, 0.1) is 0 Å². The van der Waals surface area contributed by atoms with Gasteiger partial charge >= 0.3 is 0 Å². The minimum absolute atomic E-state index is 0.227. The Hall–Kier alpha value is -1.81. The summed E-state index contributed by atoms with van der Waals surface area (Å²) in [5.41, 5.74) is 7.01. The van der Waals surface area contributed by atoms with Crippen molar-refractivity contribution in [1.82, 2.24) is 9.97 Å². The van der Waals surface area contributed by atoms with Crippen LogP contribution in [0.1, 0.15) is 17.9 Å². The molecule has 5 heteroatoms. The van der Waals surface area contributed by atoms with Gasteiger partial charge in [-0.3, -0.25) is 0 Å². The van der Waals surface area contributed by atoms with E-state index in [2.05, 4.69) is 39.1 Å². The first kappa shape index (κ1) is 12.2. The molecule has 1 aromatic heterocycles. The summed E-state index contributed by atoms with van der Waals surface area (Å²) in [6, 6.07) is 12.3. The van der Waals surface area contributed by atoms with Crippen LogP contribution in [0.3, 0.4) is 0 Å². The third kappa shape index (κ3) is 2.63. The van der Waals surface area contributed by atoms with E-state index in [1.54, 1.807) is 6.07 Å². The van der Waals surface area contributed by atoms with Gasteiger partial charge in [0.25, 0.3) is 0 Å². The van der Waals surface area contributed by atoms with E-state index in [0.29, 0.717) is 11.1 Å². The number of nitrogens with two attached hydrogens (primary N) is 1. The number of anilines is 2. The van der Waals surface area contributed by atoms with E-state index < -0.39 is 0 Å². The van der Waals surface area contributed by atoms with Crippen molar-refractivity contribution in [3.8, 4) is 0 Å². The molecule has 0 radical (unpaired) electrons. The molecule has 0 bridgehead atoms. The van der Waals surface area contributed by atoms with Gasteiger partial charge in [0, 0.05) is 25.1 Å². The van der Waals surface area contributed by atoms with Gasteiger partial charge in [-0.25, -0.2) is 4.98 Å². The molecule has 0 aliphatic carbocycles. The molecule has 1 atom stereocenters. The first-order valence-electron chi connectivity index (χ1n) is 6.32. The highest BCUT2D eigenvalue weighted by Crippen LogP contribution is 2.30.